The van der Waals surface area contributed by atoms with Gasteiger partial charge in [0.25, 0.3) is 11.5 Å². The minimum atomic E-state index is -0.291. The van der Waals surface area contributed by atoms with Crippen LogP contribution in [0.4, 0.5) is 0 Å². The Morgan fingerprint density at radius 1 is 1.26 bits per heavy atom. The van der Waals surface area contributed by atoms with Crippen molar-refractivity contribution in [3.63, 3.8) is 0 Å². The number of allylic oxidation sites excluding steroid dienone is 1. The first-order valence-electron chi connectivity index (χ1n) is 10.1. The van der Waals surface area contributed by atoms with E-state index in [1.54, 1.807) is 12.5 Å². The highest BCUT2D eigenvalue weighted by Crippen LogP contribution is 2.44. The summed E-state index contributed by atoms with van der Waals surface area (Å²) in [4.78, 5) is 31.4. The van der Waals surface area contributed by atoms with Crippen molar-refractivity contribution in [1.82, 2.24) is 15.0 Å². The van der Waals surface area contributed by atoms with Crippen LogP contribution in [0.25, 0.3) is 6.08 Å². The van der Waals surface area contributed by atoms with Crippen molar-refractivity contribution in [3.05, 3.63) is 76.5 Å². The SMILES string of the molecule is O=C(CSc1nccc(=O)[nH]1)N1N=C2/C(=C/c3ccco3)CCCC2C1c1ccco1. The van der Waals surface area contributed by atoms with E-state index in [4.69, 9.17) is 13.9 Å². The average Bonchev–Trinajstić information content (AvgIpc) is 3.52. The number of rotatable bonds is 5. The van der Waals surface area contributed by atoms with Gasteiger partial charge in [-0.2, -0.15) is 5.10 Å². The molecule has 5 rings (SSSR count). The van der Waals surface area contributed by atoms with Gasteiger partial charge in [-0.05, 0) is 55.2 Å². The van der Waals surface area contributed by atoms with Crippen LogP contribution in [0.15, 0.2) is 78.5 Å². The number of hydrogen-bond acceptors (Lipinski definition) is 7. The van der Waals surface area contributed by atoms with E-state index in [0.29, 0.717) is 10.9 Å². The van der Waals surface area contributed by atoms with Gasteiger partial charge in [0.15, 0.2) is 5.16 Å². The minimum absolute atomic E-state index is 0.0599. The molecule has 0 radical (unpaired) electrons. The summed E-state index contributed by atoms with van der Waals surface area (Å²) in [6.07, 6.45) is 9.49. The summed E-state index contributed by atoms with van der Waals surface area (Å²) < 4.78 is 11.2. The highest BCUT2D eigenvalue weighted by molar-refractivity contribution is 7.99. The number of aromatic amines is 1. The van der Waals surface area contributed by atoms with Crippen LogP contribution in [0, 0.1) is 5.92 Å². The molecule has 0 spiro atoms. The van der Waals surface area contributed by atoms with Crippen LogP contribution in [0.3, 0.4) is 0 Å². The third-order valence-electron chi connectivity index (χ3n) is 5.43. The number of aromatic nitrogens is 2. The van der Waals surface area contributed by atoms with Gasteiger partial charge in [-0.1, -0.05) is 11.8 Å². The lowest BCUT2D eigenvalue weighted by atomic mass is 9.79. The molecule has 4 heterocycles. The molecular formula is C22H20N4O4S. The van der Waals surface area contributed by atoms with Crippen molar-refractivity contribution >= 4 is 29.5 Å². The van der Waals surface area contributed by atoms with Crippen molar-refractivity contribution in [1.29, 1.82) is 0 Å². The Morgan fingerprint density at radius 2 is 2.13 bits per heavy atom. The zero-order chi connectivity index (χ0) is 21.2. The fourth-order valence-electron chi connectivity index (χ4n) is 4.11. The average molecular weight is 436 g/mol. The molecule has 0 aromatic carbocycles. The Morgan fingerprint density at radius 3 is 2.90 bits per heavy atom. The van der Waals surface area contributed by atoms with Crippen molar-refractivity contribution in [3.8, 4) is 0 Å². The number of carbonyl (C=O) groups excluding carboxylic acids is 1. The molecule has 3 aromatic rings. The van der Waals surface area contributed by atoms with E-state index < -0.39 is 0 Å². The number of hydrazone groups is 1. The summed E-state index contributed by atoms with van der Waals surface area (Å²) in [5.41, 5.74) is 1.74. The molecule has 9 heteroatoms. The van der Waals surface area contributed by atoms with E-state index in [1.165, 1.54) is 29.0 Å². The predicted molar refractivity (Wildman–Crippen MR) is 115 cm³/mol. The summed E-state index contributed by atoms with van der Waals surface area (Å²) >= 11 is 1.18. The summed E-state index contributed by atoms with van der Waals surface area (Å²) in [7, 11) is 0. The maximum absolute atomic E-state index is 13.2. The Balaban J connectivity index is 1.44. The quantitative estimate of drug-likeness (QED) is 0.481. The molecule has 1 fully saturated rings. The van der Waals surface area contributed by atoms with E-state index in [-0.39, 0.29) is 29.2 Å². The number of nitrogens with one attached hydrogen (secondary N) is 1. The monoisotopic (exact) mass is 436 g/mol. The first kappa shape index (κ1) is 19.6. The summed E-state index contributed by atoms with van der Waals surface area (Å²) in [5.74, 6) is 1.48. The lowest BCUT2D eigenvalue weighted by molar-refractivity contribution is -0.131. The Labute approximate surface area is 182 Å². The highest BCUT2D eigenvalue weighted by atomic mass is 32.2. The topological polar surface area (TPSA) is 105 Å². The maximum atomic E-state index is 13.2. The Bertz CT molecular complexity index is 1180. The fourth-order valence-corrected chi connectivity index (χ4v) is 4.81. The van der Waals surface area contributed by atoms with Crippen LogP contribution < -0.4 is 5.56 Å². The van der Waals surface area contributed by atoms with Gasteiger partial charge in [-0.15, -0.1) is 0 Å². The molecule has 1 saturated carbocycles. The molecular weight excluding hydrogens is 416 g/mol. The van der Waals surface area contributed by atoms with Gasteiger partial charge < -0.3 is 13.8 Å². The van der Waals surface area contributed by atoms with Crippen LogP contribution in [0.2, 0.25) is 0 Å². The molecule has 2 aliphatic rings. The molecule has 2 unspecified atom stereocenters. The van der Waals surface area contributed by atoms with E-state index in [1.807, 2.05) is 30.3 Å². The molecule has 1 amide bonds. The van der Waals surface area contributed by atoms with Gasteiger partial charge >= 0.3 is 0 Å². The van der Waals surface area contributed by atoms with Gasteiger partial charge in [0.2, 0.25) is 0 Å². The van der Waals surface area contributed by atoms with Crippen molar-refractivity contribution in [2.45, 2.75) is 30.5 Å². The lowest BCUT2D eigenvalue weighted by Gasteiger charge is -2.27. The number of amides is 1. The second-order valence-corrected chi connectivity index (χ2v) is 8.36. The van der Waals surface area contributed by atoms with Crippen LogP contribution in [-0.2, 0) is 4.79 Å². The highest BCUT2D eigenvalue weighted by Gasteiger charge is 2.45. The normalized spacial score (nSPS) is 21.9. The Hall–Kier alpha value is -3.33. The number of fused-ring (bicyclic) bond motifs is 1. The number of nitrogens with zero attached hydrogens (tertiary/aromatic N) is 3. The first-order chi connectivity index (χ1) is 15.2. The maximum Gasteiger partial charge on any atom is 0.253 e. The van der Waals surface area contributed by atoms with Crippen LogP contribution in [-0.4, -0.2) is 32.3 Å². The summed E-state index contributed by atoms with van der Waals surface area (Å²) in [6.45, 7) is 0. The van der Waals surface area contributed by atoms with Gasteiger partial charge in [-0.25, -0.2) is 9.99 Å². The number of furan rings is 2. The van der Waals surface area contributed by atoms with Crippen molar-refractivity contribution in [2.75, 3.05) is 5.75 Å². The second-order valence-electron chi connectivity index (χ2n) is 7.40. The minimum Gasteiger partial charge on any atom is -0.467 e. The van der Waals surface area contributed by atoms with Gasteiger partial charge in [0.05, 0.1) is 24.0 Å². The molecule has 1 aliphatic carbocycles. The molecule has 0 saturated heterocycles. The van der Waals surface area contributed by atoms with Crippen LogP contribution in [0.1, 0.15) is 36.8 Å². The zero-order valence-electron chi connectivity index (χ0n) is 16.6. The molecule has 3 aromatic heterocycles. The molecule has 8 nitrogen and oxygen atoms in total. The molecule has 1 aliphatic heterocycles. The van der Waals surface area contributed by atoms with Gasteiger partial charge in [0.1, 0.15) is 17.6 Å². The third kappa shape index (κ3) is 4.00. The smallest absolute Gasteiger partial charge is 0.253 e. The largest absolute Gasteiger partial charge is 0.467 e. The Kier molecular flexibility index (Phi) is 5.33. The number of hydrogen-bond donors (Lipinski definition) is 1. The fraction of sp³-hybridized carbons (Fsp3) is 0.273. The van der Waals surface area contributed by atoms with Gasteiger partial charge in [-0.3, -0.25) is 9.59 Å². The van der Waals surface area contributed by atoms with Crippen LogP contribution >= 0.6 is 11.8 Å². The molecule has 1 N–H and O–H groups in total. The van der Waals surface area contributed by atoms with Crippen molar-refractivity contribution < 1.29 is 13.6 Å². The molecule has 158 valence electrons. The summed E-state index contributed by atoms with van der Waals surface area (Å²) in [5, 5.41) is 6.70. The number of thioether (sulfide) groups is 1. The summed E-state index contributed by atoms with van der Waals surface area (Å²) in [6, 6.07) is 8.51. The van der Waals surface area contributed by atoms with Crippen LogP contribution in [0.5, 0.6) is 0 Å². The molecule has 31 heavy (non-hydrogen) atoms. The van der Waals surface area contributed by atoms with E-state index in [2.05, 4.69) is 9.97 Å². The van der Waals surface area contributed by atoms with E-state index >= 15 is 0 Å². The van der Waals surface area contributed by atoms with Crippen molar-refractivity contribution in [2.24, 2.45) is 11.0 Å². The molecule has 0 bridgehead atoms. The molecule has 2 atom stereocenters. The standard InChI is InChI=1S/C22H20N4O4S/c27-18-8-9-23-22(24-18)31-13-19(28)26-21(17-7-3-11-30-17)16-6-1-4-14(20(16)25-26)12-15-5-2-10-29-15/h2-3,5,7-12,16,21H,1,4,6,13H2,(H,23,24,27)/b14-12+. The zero-order valence-corrected chi connectivity index (χ0v) is 17.4. The predicted octanol–water partition coefficient (Wildman–Crippen LogP) is 3.87. The first-order valence-corrected chi connectivity index (χ1v) is 11.0. The lowest BCUT2D eigenvalue weighted by Crippen LogP contribution is -2.32. The third-order valence-corrected chi connectivity index (χ3v) is 6.30. The van der Waals surface area contributed by atoms with E-state index in [9.17, 15) is 9.59 Å². The van der Waals surface area contributed by atoms with E-state index in [0.717, 1.165) is 36.3 Å². The number of carbonyl (C=O) groups is 1. The van der Waals surface area contributed by atoms with Gasteiger partial charge in [0, 0.05) is 18.2 Å². The second kappa shape index (κ2) is 8.43. The number of H-pyrrole nitrogens is 1.